The lowest BCUT2D eigenvalue weighted by atomic mass is 10.1. The Morgan fingerprint density at radius 3 is 2.45 bits per heavy atom. The first-order chi connectivity index (χ1) is 14.0. The monoisotopic (exact) mass is 411 g/mol. The predicted octanol–water partition coefficient (Wildman–Crippen LogP) is 4.84. The maximum atomic E-state index is 12.5. The number of hydrogen-bond acceptors (Lipinski definition) is 4. The highest BCUT2D eigenvalue weighted by Crippen LogP contribution is 2.28. The van der Waals surface area contributed by atoms with Gasteiger partial charge in [-0.3, -0.25) is 10.1 Å². The van der Waals surface area contributed by atoms with Crippen LogP contribution in [0.3, 0.4) is 0 Å². The molecule has 1 aliphatic rings. The summed E-state index contributed by atoms with van der Waals surface area (Å²) in [6.45, 7) is 6.93. The quantitative estimate of drug-likeness (QED) is 0.666. The molecule has 2 N–H and O–H groups in total. The molecular weight excluding hydrogens is 382 g/mol. The lowest BCUT2D eigenvalue weighted by molar-refractivity contribution is 0.0977. The van der Waals surface area contributed by atoms with E-state index < -0.39 is 0 Å². The number of para-hydroxylation sites is 2. The molecule has 29 heavy (non-hydrogen) atoms. The number of hydrogen-bond donors (Lipinski definition) is 2. The van der Waals surface area contributed by atoms with Gasteiger partial charge in [-0.1, -0.05) is 26.0 Å². The van der Waals surface area contributed by atoms with Gasteiger partial charge in [0.1, 0.15) is 5.75 Å². The van der Waals surface area contributed by atoms with Crippen LogP contribution in [0.15, 0.2) is 48.5 Å². The van der Waals surface area contributed by atoms with E-state index in [2.05, 4.69) is 35.4 Å². The number of carbonyl (C=O) groups excluding carboxylic acids is 1. The van der Waals surface area contributed by atoms with Gasteiger partial charge in [-0.2, -0.15) is 0 Å². The van der Waals surface area contributed by atoms with E-state index in [1.165, 1.54) is 19.3 Å². The Hall–Kier alpha value is -2.60. The Morgan fingerprint density at radius 2 is 1.76 bits per heavy atom. The summed E-state index contributed by atoms with van der Waals surface area (Å²) < 4.78 is 5.66. The van der Waals surface area contributed by atoms with Crippen molar-refractivity contribution in [3.63, 3.8) is 0 Å². The fourth-order valence-corrected chi connectivity index (χ4v) is 3.49. The molecule has 5 nitrogen and oxygen atoms in total. The second-order valence-electron chi connectivity index (χ2n) is 7.70. The molecule has 1 fully saturated rings. The van der Waals surface area contributed by atoms with Gasteiger partial charge in [-0.05, 0) is 73.8 Å². The maximum Gasteiger partial charge on any atom is 0.257 e. The van der Waals surface area contributed by atoms with E-state index in [1.807, 2.05) is 18.2 Å². The second kappa shape index (κ2) is 10.3. The van der Waals surface area contributed by atoms with Gasteiger partial charge in [0.25, 0.3) is 5.91 Å². The molecule has 1 heterocycles. The topological polar surface area (TPSA) is 53.6 Å². The van der Waals surface area contributed by atoms with Gasteiger partial charge in [0.05, 0.1) is 18.0 Å². The van der Waals surface area contributed by atoms with E-state index in [-0.39, 0.29) is 5.91 Å². The summed E-state index contributed by atoms with van der Waals surface area (Å²) in [5.41, 5.74) is 2.57. The van der Waals surface area contributed by atoms with Crippen LogP contribution in [0.25, 0.3) is 0 Å². The smallest absolute Gasteiger partial charge is 0.257 e. The van der Waals surface area contributed by atoms with Crippen LogP contribution >= 0.6 is 12.2 Å². The zero-order chi connectivity index (χ0) is 20.6. The molecule has 2 aromatic rings. The van der Waals surface area contributed by atoms with Gasteiger partial charge in [-0.15, -0.1) is 0 Å². The first kappa shape index (κ1) is 21.1. The first-order valence-electron chi connectivity index (χ1n) is 10.2. The van der Waals surface area contributed by atoms with Crippen LogP contribution in [-0.2, 0) is 0 Å². The molecule has 0 bridgehead atoms. The number of carbonyl (C=O) groups is 1. The molecule has 3 rings (SSSR count). The molecule has 0 atom stereocenters. The number of thiocarbonyl (C=S) groups is 1. The van der Waals surface area contributed by atoms with Gasteiger partial charge < -0.3 is 15.0 Å². The van der Waals surface area contributed by atoms with Crippen LogP contribution in [0.1, 0.15) is 43.5 Å². The zero-order valence-corrected chi connectivity index (χ0v) is 17.9. The minimum absolute atomic E-state index is 0.242. The minimum Gasteiger partial charge on any atom is -0.493 e. The third-order valence-electron chi connectivity index (χ3n) is 4.78. The average Bonchev–Trinajstić information content (AvgIpc) is 2.73. The fraction of sp³-hybridized carbons (Fsp3) is 0.391. The summed E-state index contributed by atoms with van der Waals surface area (Å²) in [6.07, 6.45) is 3.68. The van der Waals surface area contributed by atoms with Crippen LogP contribution in [0.4, 0.5) is 11.4 Å². The van der Waals surface area contributed by atoms with E-state index in [0.717, 1.165) is 30.2 Å². The molecular formula is C23H29N3O2S. The van der Waals surface area contributed by atoms with Crippen LogP contribution in [0.5, 0.6) is 5.75 Å². The van der Waals surface area contributed by atoms with E-state index in [1.54, 1.807) is 24.3 Å². The van der Waals surface area contributed by atoms with Crippen LogP contribution in [-0.4, -0.2) is 30.7 Å². The molecule has 0 saturated carbocycles. The van der Waals surface area contributed by atoms with Crippen molar-refractivity contribution in [2.75, 3.05) is 29.9 Å². The van der Waals surface area contributed by atoms with Crippen molar-refractivity contribution >= 4 is 34.6 Å². The highest BCUT2D eigenvalue weighted by atomic mass is 32.1. The van der Waals surface area contributed by atoms with E-state index in [0.29, 0.717) is 23.2 Å². The molecule has 1 saturated heterocycles. The Kier molecular flexibility index (Phi) is 7.47. The summed E-state index contributed by atoms with van der Waals surface area (Å²) in [7, 11) is 0. The van der Waals surface area contributed by atoms with Gasteiger partial charge in [-0.25, -0.2) is 0 Å². The number of piperidine rings is 1. The van der Waals surface area contributed by atoms with Gasteiger partial charge >= 0.3 is 0 Å². The van der Waals surface area contributed by atoms with Gasteiger partial charge in [0, 0.05) is 18.7 Å². The van der Waals surface area contributed by atoms with Crippen LogP contribution in [0.2, 0.25) is 0 Å². The highest BCUT2D eigenvalue weighted by Gasteiger charge is 2.15. The largest absolute Gasteiger partial charge is 0.493 e. The van der Waals surface area contributed by atoms with E-state index in [4.69, 9.17) is 17.0 Å². The normalized spacial score (nSPS) is 13.8. The predicted molar refractivity (Wildman–Crippen MR) is 123 cm³/mol. The number of amides is 1. The minimum atomic E-state index is -0.242. The number of benzene rings is 2. The Morgan fingerprint density at radius 1 is 1.07 bits per heavy atom. The molecule has 2 aromatic carbocycles. The van der Waals surface area contributed by atoms with Crippen molar-refractivity contribution in [3.8, 4) is 5.75 Å². The number of anilines is 2. The summed E-state index contributed by atoms with van der Waals surface area (Å²) in [4.78, 5) is 14.9. The van der Waals surface area contributed by atoms with Crippen LogP contribution in [0, 0.1) is 5.92 Å². The lowest BCUT2D eigenvalue weighted by Crippen LogP contribution is -2.35. The van der Waals surface area contributed by atoms with Crippen LogP contribution < -0.4 is 20.3 Å². The second-order valence-corrected chi connectivity index (χ2v) is 8.11. The SMILES string of the molecule is CC(C)COc1ccc(C(=O)NC(=S)Nc2ccccc2N2CCCCC2)cc1. The maximum absolute atomic E-state index is 12.5. The van der Waals surface area contributed by atoms with Gasteiger partial charge in [0.2, 0.25) is 0 Å². The summed E-state index contributed by atoms with van der Waals surface area (Å²) in [5.74, 6) is 0.967. The lowest BCUT2D eigenvalue weighted by Gasteiger charge is -2.30. The fourth-order valence-electron chi connectivity index (χ4n) is 3.28. The molecule has 0 spiro atoms. The van der Waals surface area contributed by atoms with Crippen molar-refractivity contribution in [2.45, 2.75) is 33.1 Å². The van der Waals surface area contributed by atoms with E-state index in [9.17, 15) is 4.79 Å². The molecule has 1 amide bonds. The number of nitrogens with zero attached hydrogens (tertiary/aromatic N) is 1. The first-order valence-corrected chi connectivity index (χ1v) is 10.6. The Bertz CT molecular complexity index is 830. The van der Waals surface area contributed by atoms with Crippen molar-refractivity contribution in [1.29, 1.82) is 0 Å². The highest BCUT2D eigenvalue weighted by molar-refractivity contribution is 7.80. The number of ether oxygens (including phenoxy) is 1. The molecule has 0 aliphatic carbocycles. The van der Waals surface area contributed by atoms with Crippen molar-refractivity contribution in [3.05, 3.63) is 54.1 Å². The zero-order valence-electron chi connectivity index (χ0n) is 17.1. The Balaban J connectivity index is 1.59. The molecule has 0 aromatic heterocycles. The summed E-state index contributed by atoms with van der Waals surface area (Å²) in [5, 5.41) is 6.24. The van der Waals surface area contributed by atoms with Crippen molar-refractivity contribution in [2.24, 2.45) is 5.92 Å². The summed E-state index contributed by atoms with van der Waals surface area (Å²) in [6, 6.07) is 15.2. The average molecular weight is 412 g/mol. The molecule has 0 unspecified atom stereocenters. The molecule has 6 heteroatoms. The number of nitrogens with one attached hydrogen (secondary N) is 2. The van der Waals surface area contributed by atoms with E-state index >= 15 is 0 Å². The molecule has 154 valence electrons. The van der Waals surface area contributed by atoms with Gasteiger partial charge in [0.15, 0.2) is 5.11 Å². The third-order valence-corrected chi connectivity index (χ3v) is 4.98. The third kappa shape index (κ3) is 6.19. The summed E-state index contributed by atoms with van der Waals surface area (Å²) >= 11 is 5.38. The Labute approximate surface area is 178 Å². The van der Waals surface area contributed by atoms with Crippen molar-refractivity contribution in [1.82, 2.24) is 5.32 Å². The van der Waals surface area contributed by atoms with Crippen molar-refractivity contribution < 1.29 is 9.53 Å². The molecule has 0 radical (unpaired) electrons. The number of rotatable bonds is 6. The standard InChI is InChI=1S/C23H29N3O2S/c1-17(2)16-28-19-12-10-18(11-13-19)22(27)25-23(29)24-20-8-4-5-9-21(20)26-14-6-3-7-15-26/h4-5,8-13,17H,3,6-7,14-16H2,1-2H3,(H2,24,25,27,29). The molecule has 1 aliphatic heterocycles.